The van der Waals surface area contributed by atoms with Gasteiger partial charge in [0.05, 0.1) is 19.8 Å². The fourth-order valence-corrected chi connectivity index (χ4v) is 3.52. The Bertz CT molecular complexity index is 1040. The molecule has 7 nitrogen and oxygen atoms in total. The molecule has 1 fully saturated rings. The van der Waals surface area contributed by atoms with Crippen LogP contribution < -0.4 is 9.47 Å². The first-order chi connectivity index (χ1) is 14.1. The van der Waals surface area contributed by atoms with Crippen LogP contribution in [0.5, 0.6) is 11.5 Å². The molecule has 0 radical (unpaired) electrons. The van der Waals surface area contributed by atoms with Crippen molar-refractivity contribution in [3.8, 4) is 22.9 Å². The molecule has 0 unspecified atom stereocenters. The first kappa shape index (κ1) is 18.9. The molecule has 0 N–H and O–H groups in total. The van der Waals surface area contributed by atoms with Gasteiger partial charge in [-0.3, -0.25) is 4.79 Å². The van der Waals surface area contributed by atoms with Gasteiger partial charge in [-0.05, 0) is 43.2 Å². The van der Waals surface area contributed by atoms with E-state index in [0.29, 0.717) is 41.7 Å². The Morgan fingerprint density at radius 3 is 2.72 bits per heavy atom. The van der Waals surface area contributed by atoms with Gasteiger partial charge in [-0.2, -0.15) is 4.98 Å². The zero-order valence-electron chi connectivity index (χ0n) is 16.1. The van der Waals surface area contributed by atoms with E-state index < -0.39 is 5.82 Å². The van der Waals surface area contributed by atoms with Crippen LogP contribution in [-0.2, 0) is 0 Å². The predicted octanol–water partition coefficient (Wildman–Crippen LogP) is 3.87. The van der Waals surface area contributed by atoms with Gasteiger partial charge in [-0.25, -0.2) is 4.39 Å². The van der Waals surface area contributed by atoms with E-state index in [0.717, 1.165) is 6.42 Å². The van der Waals surface area contributed by atoms with Gasteiger partial charge in [0.25, 0.3) is 5.91 Å². The molecule has 1 aliphatic rings. The molecule has 0 saturated carbocycles. The summed E-state index contributed by atoms with van der Waals surface area (Å²) >= 11 is 0. The van der Waals surface area contributed by atoms with Crippen LogP contribution in [0.3, 0.4) is 0 Å². The summed E-state index contributed by atoms with van der Waals surface area (Å²) in [5.74, 6) is 0.935. The number of rotatable bonds is 5. The van der Waals surface area contributed by atoms with Gasteiger partial charge in [-0.15, -0.1) is 0 Å². The minimum absolute atomic E-state index is 0.0408. The van der Waals surface area contributed by atoms with Crippen molar-refractivity contribution in [3.05, 3.63) is 59.7 Å². The van der Waals surface area contributed by atoms with E-state index in [-0.39, 0.29) is 17.5 Å². The number of carbonyl (C=O) groups excluding carboxylic acids is 1. The predicted molar refractivity (Wildman–Crippen MR) is 102 cm³/mol. The van der Waals surface area contributed by atoms with Crippen molar-refractivity contribution in [2.45, 2.75) is 18.9 Å². The van der Waals surface area contributed by atoms with E-state index in [9.17, 15) is 9.18 Å². The highest BCUT2D eigenvalue weighted by Gasteiger charge is 2.35. The first-order valence-electron chi connectivity index (χ1n) is 9.24. The second-order valence-electron chi connectivity index (χ2n) is 6.66. The number of hydrogen-bond donors (Lipinski definition) is 0. The minimum Gasteiger partial charge on any atom is -0.493 e. The van der Waals surface area contributed by atoms with E-state index in [1.54, 1.807) is 49.5 Å². The Kier molecular flexibility index (Phi) is 5.16. The number of benzene rings is 2. The Hall–Kier alpha value is -3.42. The molecule has 1 saturated heterocycles. The highest BCUT2D eigenvalue weighted by Crippen LogP contribution is 2.35. The van der Waals surface area contributed by atoms with Crippen molar-refractivity contribution in [2.24, 2.45) is 0 Å². The van der Waals surface area contributed by atoms with Gasteiger partial charge in [0, 0.05) is 12.1 Å². The highest BCUT2D eigenvalue weighted by molar-refractivity contribution is 5.94. The maximum atomic E-state index is 14.1. The van der Waals surface area contributed by atoms with Crippen LogP contribution in [0.25, 0.3) is 11.4 Å². The molecule has 29 heavy (non-hydrogen) atoms. The normalized spacial score (nSPS) is 16.1. The summed E-state index contributed by atoms with van der Waals surface area (Å²) in [4.78, 5) is 18.9. The van der Waals surface area contributed by atoms with Gasteiger partial charge < -0.3 is 18.9 Å². The molecule has 150 valence electrons. The lowest BCUT2D eigenvalue weighted by Gasteiger charge is -2.22. The zero-order chi connectivity index (χ0) is 20.4. The van der Waals surface area contributed by atoms with Crippen LogP contribution in [-0.4, -0.2) is 41.7 Å². The standard InChI is InChI=1S/C21H20FN3O4/c1-27-17-10-9-13(12-18(17)28-2)19-23-20(29-24-19)16-8-5-11-25(16)21(26)14-6-3-4-7-15(14)22/h3-4,6-7,9-10,12,16H,5,8,11H2,1-2H3/t16-/m1/s1. The molecule has 8 heteroatoms. The quantitative estimate of drug-likeness (QED) is 0.650. The molecule has 1 atom stereocenters. The number of amides is 1. The van der Waals surface area contributed by atoms with E-state index in [2.05, 4.69) is 10.1 Å². The summed E-state index contributed by atoms with van der Waals surface area (Å²) < 4.78 is 30.1. The van der Waals surface area contributed by atoms with Crippen molar-refractivity contribution in [2.75, 3.05) is 20.8 Å². The van der Waals surface area contributed by atoms with Gasteiger partial charge in [-0.1, -0.05) is 17.3 Å². The van der Waals surface area contributed by atoms with Crippen molar-refractivity contribution in [1.82, 2.24) is 15.0 Å². The molecule has 0 aliphatic carbocycles. The molecular formula is C21H20FN3O4. The average molecular weight is 397 g/mol. The molecule has 0 spiro atoms. The second-order valence-corrected chi connectivity index (χ2v) is 6.66. The van der Waals surface area contributed by atoms with Gasteiger partial charge in [0.2, 0.25) is 11.7 Å². The molecule has 2 aromatic carbocycles. The number of ether oxygens (including phenoxy) is 2. The maximum Gasteiger partial charge on any atom is 0.257 e. The van der Waals surface area contributed by atoms with Gasteiger partial charge in [0.15, 0.2) is 11.5 Å². The number of nitrogens with zero attached hydrogens (tertiary/aromatic N) is 3. The average Bonchev–Trinajstić information content (AvgIpc) is 3.42. The fraction of sp³-hybridized carbons (Fsp3) is 0.286. The van der Waals surface area contributed by atoms with Gasteiger partial charge in [0.1, 0.15) is 11.9 Å². The van der Waals surface area contributed by atoms with Crippen LogP contribution in [0.15, 0.2) is 47.0 Å². The second kappa shape index (κ2) is 7.90. The minimum atomic E-state index is -0.542. The van der Waals surface area contributed by atoms with Crippen LogP contribution in [0, 0.1) is 5.82 Å². The lowest BCUT2D eigenvalue weighted by atomic mass is 10.1. The number of carbonyl (C=O) groups is 1. The Morgan fingerprint density at radius 2 is 1.97 bits per heavy atom. The lowest BCUT2D eigenvalue weighted by molar-refractivity contribution is 0.0705. The fourth-order valence-electron chi connectivity index (χ4n) is 3.52. The summed E-state index contributed by atoms with van der Waals surface area (Å²) in [7, 11) is 3.11. The van der Waals surface area contributed by atoms with Gasteiger partial charge >= 0.3 is 0 Å². The zero-order valence-corrected chi connectivity index (χ0v) is 16.1. The first-order valence-corrected chi connectivity index (χ1v) is 9.24. The summed E-state index contributed by atoms with van der Waals surface area (Å²) in [5, 5.41) is 4.05. The Balaban J connectivity index is 1.60. The van der Waals surface area contributed by atoms with E-state index in [4.69, 9.17) is 14.0 Å². The van der Waals surface area contributed by atoms with Crippen molar-refractivity contribution in [3.63, 3.8) is 0 Å². The maximum absolute atomic E-state index is 14.1. The topological polar surface area (TPSA) is 77.7 Å². The third-order valence-corrected chi connectivity index (χ3v) is 4.99. The third kappa shape index (κ3) is 3.53. The largest absolute Gasteiger partial charge is 0.493 e. The monoisotopic (exact) mass is 397 g/mol. The number of likely N-dealkylation sites (tertiary alicyclic amines) is 1. The molecule has 4 rings (SSSR count). The summed E-state index contributed by atoms with van der Waals surface area (Å²) in [6.07, 6.45) is 1.45. The van der Waals surface area contributed by atoms with E-state index in [1.165, 1.54) is 12.1 Å². The van der Waals surface area contributed by atoms with Crippen LogP contribution in [0.1, 0.15) is 35.1 Å². The smallest absolute Gasteiger partial charge is 0.257 e. The Labute approximate surface area is 167 Å². The molecule has 1 amide bonds. The third-order valence-electron chi connectivity index (χ3n) is 4.99. The molecule has 0 bridgehead atoms. The van der Waals surface area contributed by atoms with Crippen LogP contribution in [0.4, 0.5) is 4.39 Å². The number of hydrogen-bond acceptors (Lipinski definition) is 6. The number of methoxy groups -OCH3 is 2. The molecule has 1 aliphatic heterocycles. The summed E-state index contributed by atoms with van der Waals surface area (Å²) in [5.41, 5.74) is 0.738. The lowest BCUT2D eigenvalue weighted by Crippen LogP contribution is -2.31. The molecule has 3 aromatic rings. The highest BCUT2D eigenvalue weighted by atomic mass is 19.1. The number of halogens is 1. The summed E-state index contributed by atoms with van der Waals surface area (Å²) in [6, 6.07) is 10.9. The molecular weight excluding hydrogens is 377 g/mol. The summed E-state index contributed by atoms with van der Waals surface area (Å²) in [6.45, 7) is 0.506. The van der Waals surface area contributed by atoms with Crippen LogP contribution in [0.2, 0.25) is 0 Å². The SMILES string of the molecule is COc1ccc(-c2noc([C@H]3CCCN3C(=O)c3ccccc3F)n2)cc1OC. The van der Waals surface area contributed by atoms with Crippen molar-refractivity contribution in [1.29, 1.82) is 0 Å². The van der Waals surface area contributed by atoms with E-state index >= 15 is 0 Å². The van der Waals surface area contributed by atoms with Crippen molar-refractivity contribution >= 4 is 5.91 Å². The number of aromatic nitrogens is 2. The van der Waals surface area contributed by atoms with Crippen molar-refractivity contribution < 1.29 is 23.2 Å². The Morgan fingerprint density at radius 1 is 1.17 bits per heavy atom. The molecule has 2 heterocycles. The van der Waals surface area contributed by atoms with E-state index in [1.807, 2.05) is 0 Å². The molecule has 1 aromatic heterocycles. The van der Waals surface area contributed by atoms with Crippen LogP contribution >= 0.6 is 0 Å².